The predicted molar refractivity (Wildman–Crippen MR) is 52.7 cm³/mol. The van der Waals surface area contributed by atoms with Crippen molar-refractivity contribution in [3.8, 4) is 0 Å². The summed E-state index contributed by atoms with van der Waals surface area (Å²) in [4.78, 5) is 0. The van der Waals surface area contributed by atoms with Crippen LogP contribution in [0.1, 0.15) is 20.3 Å². The molecule has 0 aromatic carbocycles. The largest absolute Gasteiger partial charge is 0.394 e. The highest BCUT2D eigenvalue weighted by Gasteiger charge is 1.97. The van der Waals surface area contributed by atoms with Crippen molar-refractivity contribution in [2.24, 2.45) is 0 Å². The highest BCUT2D eigenvalue weighted by atomic mass is 16.5. The molecule has 0 aliphatic carbocycles. The van der Waals surface area contributed by atoms with Crippen molar-refractivity contribution in [2.45, 2.75) is 26.4 Å². The van der Waals surface area contributed by atoms with Gasteiger partial charge in [-0.15, -0.1) is 6.58 Å². The minimum absolute atomic E-state index is 0.0613. The van der Waals surface area contributed by atoms with Crippen LogP contribution in [0.4, 0.5) is 0 Å². The summed E-state index contributed by atoms with van der Waals surface area (Å²) in [5.41, 5.74) is 1.13. The second kappa shape index (κ2) is 8.23. The minimum atomic E-state index is -0.0928. The van der Waals surface area contributed by atoms with Crippen LogP contribution < -0.4 is 0 Å². The maximum Gasteiger partial charge on any atom is 0.0778 e. The second-order valence-corrected chi connectivity index (χ2v) is 3.18. The monoisotopic (exact) mass is 188 g/mol. The summed E-state index contributed by atoms with van der Waals surface area (Å²) in [5.74, 6) is 0. The summed E-state index contributed by atoms with van der Waals surface area (Å²) in [6, 6.07) is 0. The summed E-state index contributed by atoms with van der Waals surface area (Å²) >= 11 is 0. The molecular formula is C10H20O3. The lowest BCUT2D eigenvalue weighted by atomic mass is 10.3. The summed E-state index contributed by atoms with van der Waals surface area (Å²) in [6.45, 7) is 9.46. The van der Waals surface area contributed by atoms with Crippen LogP contribution in [0.15, 0.2) is 12.2 Å². The molecule has 0 aliphatic rings. The molecule has 3 heteroatoms. The first-order chi connectivity index (χ1) is 6.16. The predicted octanol–water partition coefficient (Wildman–Crippen LogP) is 1.37. The van der Waals surface area contributed by atoms with Gasteiger partial charge in [0.05, 0.1) is 32.5 Å². The van der Waals surface area contributed by atoms with Crippen LogP contribution in [-0.2, 0) is 9.47 Å². The van der Waals surface area contributed by atoms with Crippen LogP contribution in [0, 0.1) is 0 Å². The van der Waals surface area contributed by atoms with E-state index in [2.05, 4.69) is 6.58 Å². The minimum Gasteiger partial charge on any atom is -0.394 e. The van der Waals surface area contributed by atoms with Gasteiger partial charge in [-0.2, -0.15) is 0 Å². The third-order valence-corrected chi connectivity index (χ3v) is 1.56. The van der Waals surface area contributed by atoms with Gasteiger partial charge in [0, 0.05) is 0 Å². The second-order valence-electron chi connectivity index (χ2n) is 3.18. The molecule has 0 spiro atoms. The number of hydrogen-bond acceptors (Lipinski definition) is 3. The van der Waals surface area contributed by atoms with Crippen LogP contribution in [0.3, 0.4) is 0 Å². The Hall–Kier alpha value is -0.380. The summed E-state index contributed by atoms with van der Waals surface area (Å²) in [5, 5.41) is 8.63. The van der Waals surface area contributed by atoms with E-state index in [1.807, 2.05) is 13.8 Å². The van der Waals surface area contributed by atoms with E-state index in [0.717, 1.165) is 12.0 Å². The van der Waals surface area contributed by atoms with Crippen molar-refractivity contribution in [1.82, 2.24) is 0 Å². The molecule has 1 N–H and O–H groups in total. The molecule has 0 aromatic heterocycles. The molecular weight excluding hydrogens is 168 g/mol. The molecule has 0 saturated carbocycles. The van der Waals surface area contributed by atoms with E-state index >= 15 is 0 Å². The van der Waals surface area contributed by atoms with Crippen LogP contribution in [-0.4, -0.2) is 37.6 Å². The Morgan fingerprint density at radius 3 is 2.62 bits per heavy atom. The van der Waals surface area contributed by atoms with Crippen LogP contribution in [0.5, 0.6) is 0 Å². The summed E-state index contributed by atoms with van der Waals surface area (Å²) in [6.07, 6.45) is 0.806. The molecule has 0 rings (SSSR count). The van der Waals surface area contributed by atoms with Gasteiger partial charge in [0.25, 0.3) is 0 Å². The number of ether oxygens (including phenoxy) is 2. The molecule has 0 bridgehead atoms. The molecule has 0 radical (unpaired) electrons. The van der Waals surface area contributed by atoms with Crippen LogP contribution in [0.2, 0.25) is 0 Å². The Bertz CT molecular complexity index is 134. The maximum atomic E-state index is 8.63. The highest BCUT2D eigenvalue weighted by Crippen LogP contribution is 1.95. The molecule has 0 fully saturated rings. The zero-order valence-electron chi connectivity index (χ0n) is 8.58. The van der Waals surface area contributed by atoms with Crippen molar-refractivity contribution in [3.05, 3.63) is 12.2 Å². The molecule has 0 saturated heterocycles. The Labute approximate surface area is 80.4 Å². The SMILES string of the molecule is C=C(C)CCOCCOC(C)CO. The van der Waals surface area contributed by atoms with E-state index in [9.17, 15) is 0 Å². The van der Waals surface area contributed by atoms with Crippen LogP contribution in [0.25, 0.3) is 0 Å². The maximum absolute atomic E-state index is 8.63. The molecule has 3 nitrogen and oxygen atoms in total. The lowest BCUT2D eigenvalue weighted by molar-refractivity contribution is -0.00981. The Morgan fingerprint density at radius 1 is 1.38 bits per heavy atom. The molecule has 13 heavy (non-hydrogen) atoms. The Morgan fingerprint density at radius 2 is 2.08 bits per heavy atom. The van der Waals surface area contributed by atoms with Gasteiger partial charge in [-0.3, -0.25) is 0 Å². The summed E-state index contributed by atoms with van der Waals surface area (Å²) < 4.78 is 10.5. The number of hydrogen-bond donors (Lipinski definition) is 1. The topological polar surface area (TPSA) is 38.7 Å². The molecule has 0 aliphatic heterocycles. The molecule has 0 heterocycles. The van der Waals surface area contributed by atoms with E-state index in [1.165, 1.54) is 0 Å². The van der Waals surface area contributed by atoms with E-state index in [-0.39, 0.29) is 12.7 Å². The van der Waals surface area contributed by atoms with Gasteiger partial charge in [0.15, 0.2) is 0 Å². The first-order valence-corrected chi connectivity index (χ1v) is 4.61. The smallest absolute Gasteiger partial charge is 0.0778 e. The Balaban J connectivity index is 3.04. The van der Waals surface area contributed by atoms with Gasteiger partial charge in [-0.25, -0.2) is 0 Å². The van der Waals surface area contributed by atoms with Gasteiger partial charge >= 0.3 is 0 Å². The Kier molecular flexibility index (Phi) is 7.99. The van der Waals surface area contributed by atoms with Crippen molar-refractivity contribution in [2.75, 3.05) is 26.4 Å². The molecule has 0 aromatic rings. The highest BCUT2D eigenvalue weighted by molar-refractivity contribution is 4.86. The fourth-order valence-electron chi connectivity index (χ4n) is 0.709. The fourth-order valence-corrected chi connectivity index (χ4v) is 0.709. The average molecular weight is 188 g/mol. The van der Waals surface area contributed by atoms with Gasteiger partial charge in [0.2, 0.25) is 0 Å². The number of rotatable bonds is 8. The van der Waals surface area contributed by atoms with E-state index in [1.54, 1.807) is 0 Å². The zero-order valence-corrected chi connectivity index (χ0v) is 8.58. The van der Waals surface area contributed by atoms with Crippen molar-refractivity contribution in [3.63, 3.8) is 0 Å². The normalized spacial score (nSPS) is 12.8. The first kappa shape index (κ1) is 12.6. The summed E-state index contributed by atoms with van der Waals surface area (Å²) in [7, 11) is 0. The van der Waals surface area contributed by atoms with Gasteiger partial charge < -0.3 is 14.6 Å². The lowest BCUT2D eigenvalue weighted by Gasteiger charge is -2.09. The van der Waals surface area contributed by atoms with Crippen molar-refractivity contribution < 1.29 is 14.6 Å². The van der Waals surface area contributed by atoms with E-state index in [0.29, 0.717) is 19.8 Å². The number of aliphatic hydroxyl groups excluding tert-OH is 1. The van der Waals surface area contributed by atoms with E-state index < -0.39 is 0 Å². The van der Waals surface area contributed by atoms with Crippen molar-refractivity contribution >= 4 is 0 Å². The van der Waals surface area contributed by atoms with Gasteiger partial charge in [-0.1, -0.05) is 5.57 Å². The number of aliphatic hydroxyl groups is 1. The lowest BCUT2D eigenvalue weighted by Crippen LogP contribution is -2.16. The molecule has 78 valence electrons. The van der Waals surface area contributed by atoms with Gasteiger partial charge in [-0.05, 0) is 20.3 Å². The third-order valence-electron chi connectivity index (χ3n) is 1.56. The molecule has 1 unspecified atom stereocenters. The third kappa shape index (κ3) is 9.53. The van der Waals surface area contributed by atoms with E-state index in [4.69, 9.17) is 14.6 Å². The first-order valence-electron chi connectivity index (χ1n) is 4.61. The average Bonchev–Trinajstić information content (AvgIpc) is 2.10. The van der Waals surface area contributed by atoms with Crippen molar-refractivity contribution in [1.29, 1.82) is 0 Å². The van der Waals surface area contributed by atoms with Gasteiger partial charge in [0.1, 0.15) is 0 Å². The molecule has 1 atom stereocenters. The fraction of sp³-hybridized carbons (Fsp3) is 0.800. The standard InChI is InChI=1S/C10H20O3/c1-9(2)4-5-12-6-7-13-10(3)8-11/h10-11H,1,4-8H2,2-3H3. The quantitative estimate of drug-likeness (QED) is 0.462. The zero-order chi connectivity index (χ0) is 10.1. The molecule has 0 amide bonds. The van der Waals surface area contributed by atoms with Crippen LogP contribution >= 0.6 is 0 Å².